The van der Waals surface area contributed by atoms with Crippen LogP contribution >= 0.6 is 0 Å². The number of amides is 1. The van der Waals surface area contributed by atoms with Crippen molar-refractivity contribution in [2.45, 2.75) is 46.1 Å². The van der Waals surface area contributed by atoms with Crippen LogP contribution in [0.3, 0.4) is 0 Å². The van der Waals surface area contributed by atoms with E-state index in [1.165, 1.54) is 0 Å². The highest BCUT2D eigenvalue weighted by atomic mass is 16.5. The molecule has 2 rings (SSSR count). The largest absolute Gasteiger partial charge is 0.493 e. The summed E-state index contributed by atoms with van der Waals surface area (Å²) in [5, 5.41) is 6.02. The van der Waals surface area contributed by atoms with Gasteiger partial charge in [0.2, 0.25) is 0 Å². The van der Waals surface area contributed by atoms with Crippen LogP contribution in [0.1, 0.15) is 55.5 Å². The Kier molecular flexibility index (Phi) is 10.0. The second-order valence-corrected chi connectivity index (χ2v) is 7.07. The summed E-state index contributed by atoms with van der Waals surface area (Å²) in [4.78, 5) is 13.1. The third-order valence-corrected chi connectivity index (χ3v) is 4.65. The third kappa shape index (κ3) is 6.95. The number of anilines is 2. The molecule has 0 saturated heterocycles. The SMILES string of the molecule is CCCCOc1cc(C(=O)Nc2ccc(NC)cc2)c(OCCCC)cc1COC. The number of benzene rings is 2. The van der Waals surface area contributed by atoms with Crippen LogP contribution < -0.4 is 20.1 Å². The summed E-state index contributed by atoms with van der Waals surface area (Å²) in [6.45, 7) is 5.75. The molecular weight excluding hydrogens is 380 g/mol. The molecule has 30 heavy (non-hydrogen) atoms. The van der Waals surface area contributed by atoms with E-state index in [0.29, 0.717) is 42.6 Å². The van der Waals surface area contributed by atoms with Crippen molar-refractivity contribution in [3.63, 3.8) is 0 Å². The average Bonchev–Trinajstić information content (AvgIpc) is 2.76. The maximum Gasteiger partial charge on any atom is 0.259 e. The number of carbonyl (C=O) groups excluding carboxylic acids is 1. The van der Waals surface area contributed by atoms with E-state index in [1.807, 2.05) is 37.4 Å². The maximum absolute atomic E-state index is 13.1. The molecule has 0 fully saturated rings. The van der Waals surface area contributed by atoms with E-state index in [-0.39, 0.29) is 5.91 Å². The molecule has 0 aliphatic rings. The van der Waals surface area contributed by atoms with Gasteiger partial charge >= 0.3 is 0 Å². The lowest BCUT2D eigenvalue weighted by Crippen LogP contribution is -2.15. The van der Waals surface area contributed by atoms with E-state index in [9.17, 15) is 4.79 Å². The molecule has 0 aromatic heterocycles. The summed E-state index contributed by atoms with van der Waals surface area (Å²) >= 11 is 0. The number of unbranched alkanes of at least 4 members (excludes halogenated alkanes) is 2. The lowest BCUT2D eigenvalue weighted by Gasteiger charge is -2.17. The van der Waals surface area contributed by atoms with E-state index in [1.54, 1.807) is 13.2 Å². The average molecular weight is 415 g/mol. The summed E-state index contributed by atoms with van der Waals surface area (Å²) in [6, 6.07) is 11.2. The fourth-order valence-electron chi connectivity index (χ4n) is 2.87. The van der Waals surface area contributed by atoms with Gasteiger partial charge in [-0.2, -0.15) is 0 Å². The molecule has 2 aromatic rings. The minimum absolute atomic E-state index is 0.233. The molecule has 0 unspecified atom stereocenters. The summed E-state index contributed by atoms with van der Waals surface area (Å²) in [5.74, 6) is 0.967. The predicted octanol–water partition coefficient (Wildman–Crippen LogP) is 5.48. The molecule has 0 bridgehead atoms. The number of hydrogen-bond acceptors (Lipinski definition) is 5. The zero-order chi connectivity index (χ0) is 21.8. The van der Waals surface area contributed by atoms with Gasteiger partial charge in [0.05, 0.1) is 25.4 Å². The molecular formula is C24H34N2O4. The topological polar surface area (TPSA) is 68.8 Å². The van der Waals surface area contributed by atoms with Gasteiger partial charge in [-0.05, 0) is 49.2 Å². The quantitative estimate of drug-likeness (QED) is 0.425. The first-order valence-corrected chi connectivity index (χ1v) is 10.6. The first-order chi connectivity index (χ1) is 14.6. The van der Waals surface area contributed by atoms with Gasteiger partial charge in [-0.1, -0.05) is 26.7 Å². The van der Waals surface area contributed by atoms with Gasteiger partial charge in [0.25, 0.3) is 5.91 Å². The van der Waals surface area contributed by atoms with Crippen molar-refractivity contribution >= 4 is 17.3 Å². The third-order valence-electron chi connectivity index (χ3n) is 4.65. The van der Waals surface area contributed by atoms with Gasteiger partial charge in [-0.25, -0.2) is 0 Å². The predicted molar refractivity (Wildman–Crippen MR) is 122 cm³/mol. The van der Waals surface area contributed by atoms with Gasteiger partial charge in [-0.15, -0.1) is 0 Å². The van der Waals surface area contributed by atoms with Crippen LogP contribution in [-0.2, 0) is 11.3 Å². The highest BCUT2D eigenvalue weighted by Crippen LogP contribution is 2.31. The molecule has 0 saturated carbocycles. The molecule has 164 valence electrons. The highest BCUT2D eigenvalue weighted by Gasteiger charge is 2.18. The van der Waals surface area contributed by atoms with Crippen molar-refractivity contribution < 1.29 is 19.0 Å². The van der Waals surface area contributed by atoms with Gasteiger partial charge in [-0.3, -0.25) is 4.79 Å². The molecule has 6 heteroatoms. The molecule has 0 atom stereocenters. The van der Waals surface area contributed by atoms with E-state index < -0.39 is 0 Å². The summed E-state index contributed by atoms with van der Waals surface area (Å²) in [6.07, 6.45) is 3.91. The zero-order valence-corrected chi connectivity index (χ0v) is 18.5. The van der Waals surface area contributed by atoms with Crippen molar-refractivity contribution in [3.05, 3.63) is 47.5 Å². The highest BCUT2D eigenvalue weighted by molar-refractivity contribution is 6.06. The van der Waals surface area contributed by atoms with Crippen LogP contribution in [0.4, 0.5) is 11.4 Å². The smallest absolute Gasteiger partial charge is 0.259 e. The number of hydrogen-bond donors (Lipinski definition) is 2. The maximum atomic E-state index is 13.1. The molecule has 2 aromatic carbocycles. The Labute approximate surface area is 179 Å². The Morgan fingerprint density at radius 2 is 1.50 bits per heavy atom. The minimum Gasteiger partial charge on any atom is -0.493 e. The molecule has 1 amide bonds. The number of nitrogens with one attached hydrogen (secondary N) is 2. The second kappa shape index (κ2) is 12.8. The lowest BCUT2D eigenvalue weighted by molar-refractivity contribution is 0.102. The standard InChI is InChI=1S/C24H34N2O4/c1-5-7-13-29-22-16-21(23(30-14-8-6-2)15-18(22)17-28-4)24(27)26-20-11-9-19(25-3)10-12-20/h9-12,15-16,25H,5-8,13-14,17H2,1-4H3,(H,26,27). The van der Waals surface area contributed by atoms with Gasteiger partial charge in [0.15, 0.2) is 0 Å². The Bertz CT molecular complexity index is 791. The molecule has 0 heterocycles. The van der Waals surface area contributed by atoms with Crippen molar-refractivity contribution in [1.82, 2.24) is 0 Å². The fourth-order valence-corrected chi connectivity index (χ4v) is 2.87. The van der Waals surface area contributed by atoms with Crippen LogP contribution in [0.25, 0.3) is 0 Å². The number of carbonyl (C=O) groups is 1. The van der Waals surface area contributed by atoms with Gasteiger partial charge < -0.3 is 24.8 Å². The number of ether oxygens (including phenoxy) is 3. The van der Waals surface area contributed by atoms with Crippen molar-refractivity contribution in [1.29, 1.82) is 0 Å². The van der Waals surface area contributed by atoms with Gasteiger partial charge in [0, 0.05) is 31.1 Å². The van der Waals surface area contributed by atoms with Gasteiger partial charge in [0.1, 0.15) is 11.5 Å². The molecule has 0 aliphatic carbocycles. The Morgan fingerprint density at radius 1 is 0.900 bits per heavy atom. The van der Waals surface area contributed by atoms with Crippen LogP contribution in [0, 0.1) is 0 Å². The van der Waals surface area contributed by atoms with E-state index in [2.05, 4.69) is 24.5 Å². The van der Waals surface area contributed by atoms with Crippen molar-refractivity contribution in [2.75, 3.05) is 38.0 Å². The molecule has 6 nitrogen and oxygen atoms in total. The van der Waals surface area contributed by atoms with E-state index in [0.717, 1.165) is 36.9 Å². The number of methoxy groups -OCH3 is 1. The van der Waals surface area contributed by atoms with Crippen molar-refractivity contribution in [2.24, 2.45) is 0 Å². The van der Waals surface area contributed by atoms with Crippen molar-refractivity contribution in [3.8, 4) is 11.5 Å². The fraction of sp³-hybridized carbons (Fsp3) is 0.458. The molecule has 0 radical (unpaired) electrons. The summed E-state index contributed by atoms with van der Waals surface area (Å²) < 4.78 is 17.2. The Morgan fingerprint density at radius 3 is 2.07 bits per heavy atom. The lowest BCUT2D eigenvalue weighted by atomic mass is 10.1. The van der Waals surface area contributed by atoms with Crippen LogP contribution in [0.2, 0.25) is 0 Å². The zero-order valence-electron chi connectivity index (χ0n) is 18.5. The minimum atomic E-state index is -0.233. The summed E-state index contributed by atoms with van der Waals surface area (Å²) in [5.41, 5.74) is 3.02. The van der Waals surface area contributed by atoms with Crippen LogP contribution in [0.15, 0.2) is 36.4 Å². The van der Waals surface area contributed by atoms with Crippen LogP contribution in [0.5, 0.6) is 11.5 Å². The van der Waals surface area contributed by atoms with E-state index >= 15 is 0 Å². The molecule has 0 spiro atoms. The Balaban J connectivity index is 2.32. The number of rotatable bonds is 13. The normalized spacial score (nSPS) is 10.5. The molecule has 2 N–H and O–H groups in total. The first kappa shape index (κ1) is 23.5. The second-order valence-electron chi connectivity index (χ2n) is 7.07. The summed E-state index contributed by atoms with van der Waals surface area (Å²) in [7, 11) is 3.50. The first-order valence-electron chi connectivity index (χ1n) is 10.6. The van der Waals surface area contributed by atoms with Crippen LogP contribution in [-0.4, -0.2) is 33.3 Å². The Hall–Kier alpha value is -2.73. The molecule has 0 aliphatic heterocycles. The monoisotopic (exact) mass is 414 g/mol. The van der Waals surface area contributed by atoms with E-state index in [4.69, 9.17) is 14.2 Å².